The van der Waals surface area contributed by atoms with E-state index in [1.54, 1.807) is 28.6 Å². The van der Waals surface area contributed by atoms with Gasteiger partial charge in [0.1, 0.15) is 5.75 Å². The molecule has 1 aliphatic heterocycles. The van der Waals surface area contributed by atoms with E-state index in [0.29, 0.717) is 36.9 Å². The zero-order valence-electron chi connectivity index (χ0n) is 15.5. The fourth-order valence-electron chi connectivity index (χ4n) is 3.22. The van der Waals surface area contributed by atoms with Crippen molar-refractivity contribution < 1.29 is 13.2 Å². The first-order valence-electron chi connectivity index (χ1n) is 9.19. The minimum Gasteiger partial charge on any atom is -0.494 e. The van der Waals surface area contributed by atoms with E-state index in [1.165, 1.54) is 5.56 Å². The Kier molecular flexibility index (Phi) is 6.76. The van der Waals surface area contributed by atoms with Gasteiger partial charge in [0.15, 0.2) is 0 Å². The van der Waals surface area contributed by atoms with Gasteiger partial charge in [-0.2, -0.15) is 4.31 Å². The number of sulfonamides is 1. The summed E-state index contributed by atoms with van der Waals surface area (Å²) in [6.07, 6.45) is 0.809. The second kappa shape index (κ2) is 9.06. The van der Waals surface area contributed by atoms with Gasteiger partial charge in [-0.15, -0.1) is 0 Å². The molecule has 27 heavy (non-hydrogen) atoms. The smallest absolute Gasteiger partial charge is 0.243 e. The van der Waals surface area contributed by atoms with Crippen LogP contribution in [0, 0.1) is 0 Å². The van der Waals surface area contributed by atoms with Gasteiger partial charge >= 0.3 is 0 Å². The lowest BCUT2D eigenvalue weighted by atomic mass is 10.2. The third-order valence-electron chi connectivity index (χ3n) is 4.64. The lowest BCUT2D eigenvalue weighted by Gasteiger charge is -2.22. The summed E-state index contributed by atoms with van der Waals surface area (Å²) in [5.74, 6) is 0.682. The average molecular weight is 409 g/mol. The van der Waals surface area contributed by atoms with Crippen molar-refractivity contribution >= 4 is 21.6 Å². The molecule has 2 aromatic rings. The highest BCUT2D eigenvalue weighted by atomic mass is 35.5. The first kappa shape index (κ1) is 20.1. The molecule has 0 radical (unpaired) electrons. The van der Waals surface area contributed by atoms with Gasteiger partial charge in [-0.25, -0.2) is 8.42 Å². The zero-order chi connectivity index (χ0) is 19.3. The van der Waals surface area contributed by atoms with Gasteiger partial charge < -0.3 is 4.74 Å². The van der Waals surface area contributed by atoms with Gasteiger partial charge in [-0.3, -0.25) is 4.90 Å². The summed E-state index contributed by atoms with van der Waals surface area (Å²) in [6, 6.07) is 14.5. The van der Waals surface area contributed by atoms with Gasteiger partial charge in [0.25, 0.3) is 0 Å². The van der Waals surface area contributed by atoms with E-state index < -0.39 is 10.0 Å². The molecule has 0 N–H and O–H groups in total. The molecular formula is C20H25ClN2O3S. The van der Waals surface area contributed by atoms with Crippen molar-refractivity contribution in [1.29, 1.82) is 0 Å². The van der Waals surface area contributed by atoms with Crippen LogP contribution in [0.3, 0.4) is 0 Å². The first-order valence-corrected chi connectivity index (χ1v) is 11.0. The largest absolute Gasteiger partial charge is 0.494 e. The van der Waals surface area contributed by atoms with Crippen molar-refractivity contribution in [3.05, 3.63) is 59.1 Å². The molecule has 5 nitrogen and oxygen atoms in total. The Morgan fingerprint density at radius 1 is 0.963 bits per heavy atom. The first-order chi connectivity index (χ1) is 13.0. The molecule has 1 fully saturated rings. The van der Waals surface area contributed by atoms with E-state index in [9.17, 15) is 8.42 Å². The van der Waals surface area contributed by atoms with Crippen molar-refractivity contribution in [3.8, 4) is 5.75 Å². The maximum absolute atomic E-state index is 13.0. The SMILES string of the molecule is CCOc1ccc(S(=O)(=O)N2CCCN(Cc3ccc(Cl)cc3)CC2)cc1. The summed E-state index contributed by atoms with van der Waals surface area (Å²) < 4.78 is 32.9. The Hall–Kier alpha value is -1.60. The van der Waals surface area contributed by atoms with Crippen LogP contribution in [0.5, 0.6) is 5.75 Å². The van der Waals surface area contributed by atoms with Gasteiger partial charge in [0.2, 0.25) is 10.0 Å². The van der Waals surface area contributed by atoms with Gasteiger partial charge in [-0.1, -0.05) is 23.7 Å². The van der Waals surface area contributed by atoms with E-state index in [-0.39, 0.29) is 0 Å². The normalized spacial score (nSPS) is 16.8. The molecule has 3 rings (SSSR count). The van der Waals surface area contributed by atoms with Crippen LogP contribution in [0.2, 0.25) is 5.02 Å². The lowest BCUT2D eigenvalue weighted by molar-refractivity contribution is 0.278. The molecule has 0 unspecified atom stereocenters. The minimum atomic E-state index is -3.49. The molecular weight excluding hydrogens is 384 g/mol. The topological polar surface area (TPSA) is 49.9 Å². The second-order valence-corrected chi connectivity index (χ2v) is 8.94. The summed E-state index contributed by atoms with van der Waals surface area (Å²) in [5, 5.41) is 0.724. The third kappa shape index (κ3) is 5.23. The Balaban J connectivity index is 1.64. The fraction of sp³-hybridized carbons (Fsp3) is 0.400. The number of benzene rings is 2. The maximum atomic E-state index is 13.0. The molecule has 1 aliphatic rings. The number of nitrogens with zero attached hydrogens (tertiary/aromatic N) is 2. The fourth-order valence-corrected chi connectivity index (χ4v) is 4.81. The van der Waals surface area contributed by atoms with E-state index in [2.05, 4.69) is 4.90 Å². The van der Waals surface area contributed by atoms with Crippen LogP contribution in [-0.2, 0) is 16.6 Å². The molecule has 0 aromatic heterocycles. The van der Waals surface area contributed by atoms with Crippen molar-refractivity contribution in [2.24, 2.45) is 0 Å². The molecule has 0 bridgehead atoms. The Bertz CT molecular complexity index is 839. The number of ether oxygens (including phenoxy) is 1. The maximum Gasteiger partial charge on any atom is 0.243 e. The summed E-state index contributed by atoms with van der Waals surface area (Å²) >= 11 is 5.94. The number of rotatable bonds is 6. The molecule has 0 atom stereocenters. The van der Waals surface area contributed by atoms with Gasteiger partial charge in [0, 0.05) is 31.2 Å². The van der Waals surface area contributed by atoms with Gasteiger partial charge in [-0.05, 0) is 61.9 Å². The lowest BCUT2D eigenvalue weighted by Crippen LogP contribution is -2.35. The highest BCUT2D eigenvalue weighted by molar-refractivity contribution is 7.89. The zero-order valence-corrected chi connectivity index (χ0v) is 17.0. The summed E-state index contributed by atoms with van der Waals surface area (Å²) in [5.41, 5.74) is 1.18. The van der Waals surface area contributed by atoms with Crippen molar-refractivity contribution in [2.75, 3.05) is 32.8 Å². The number of hydrogen-bond donors (Lipinski definition) is 0. The highest BCUT2D eigenvalue weighted by Crippen LogP contribution is 2.21. The summed E-state index contributed by atoms with van der Waals surface area (Å²) in [6.45, 7) is 5.86. The third-order valence-corrected chi connectivity index (χ3v) is 6.80. The van der Waals surface area contributed by atoms with E-state index in [0.717, 1.165) is 24.5 Å². The highest BCUT2D eigenvalue weighted by Gasteiger charge is 2.26. The molecule has 0 amide bonds. The molecule has 0 aliphatic carbocycles. The minimum absolute atomic E-state index is 0.317. The monoisotopic (exact) mass is 408 g/mol. The van der Waals surface area contributed by atoms with Crippen LogP contribution in [0.1, 0.15) is 18.9 Å². The van der Waals surface area contributed by atoms with E-state index in [1.807, 2.05) is 31.2 Å². The van der Waals surface area contributed by atoms with E-state index >= 15 is 0 Å². The molecule has 146 valence electrons. The quantitative estimate of drug-likeness (QED) is 0.732. The number of halogens is 1. The van der Waals surface area contributed by atoms with Crippen molar-refractivity contribution in [2.45, 2.75) is 24.8 Å². The summed E-state index contributed by atoms with van der Waals surface area (Å²) in [4.78, 5) is 2.61. The predicted octanol–water partition coefficient (Wildman–Crippen LogP) is 3.64. The second-order valence-electron chi connectivity index (χ2n) is 6.56. The van der Waals surface area contributed by atoms with E-state index in [4.69, 9.17) is 16.3 Å². The van der Waals surface area contributed by atoms with Crippen LogP contribution in [-0.4, -0.2) is 50.4 Å². The molecule has 0 saturated carbocycles. The molecule has 2 aromatic carbocycles. The Morgan fingerprint density at radius 2 is 1.67 bits per heavy atom. The van der Waals surface area contributed by atoms with Crippen LogP contribution in [0.4, 0.5) is 0 Å². The number of hydrogen-bond acceptors (Lipinski definition) is 4. The van der Waals surface area contributed by atoms with Crippen molar-refractivity contribution in [3.63, 3.8) is 0 Å². The van der Waals surface area contributed by atoms with Crippen LogP contribution in [0.25, 0.3) is 0 Å². The standard InChI is InChI=1S/C20H25ClN2O3S/c1-2-26-19-8-10-20(11-9-19)27(24,25)23-13-3-12-22(14-15-23)16-17-4-6-18(21)7-5-17/h4-11H,2-3,12-16H2,1H3. The average Bonchev–Trinajstić information content (AvgIpc) is 2.90. The molecule has 7 heteroatoms. The molecule has 0 spiro atoms. The van der Waals surface area contributed by atoms with Crippen LogP contribution in [0.15, 0.2) is 53.4 Å². The van der Waals surface area contributed by atoms with Gasteiger partial charge in [0.05, 0.1) is 11.5 Å². The Morgan fingerprint density at radius 3 is 2.33 bits per heavy atom. The Labute approximate surface area is 166 Å². The van der Waals surface area contributed by atoms with Crippen molar-refractivity contribution in [1.82, 2.24) is 9.21 Å². The molecule has 1 saturated heterocycles. The predicted molar refractivity (Wildman–Crippen MR) is 108 cm³/mol. The van der Waals surface area contributed by atoms with Crippen LogP contribution >= 0.6 is 11.6 Å². The van der Waals surface area contributed by atoms with Crippen LogP contribution < -0.4 is 4.74 Å². The molecule has 1 heterocycles. The summed E-state index contributed by atoms with van der Waals surface area (Å²) in [7, 11) is -3.49.